The lowest BCUT2D eigenvalue weighted by molar-refractivity contribution is -0.450. The van der Waals surface area contributed by atoms with Crippen LogP contribution in [0, 0.1) is 0 Å². The monoisotopic (exact) mass is 658 g/mol. The van der Waals surface area contributed by atoms with E-state index in [9.17, 15) is 79.8 Å². The van der Waals surface area contributed by atoms with Gasteiger partial charge in [0.1, 0.15) is 11.9 Å². The van der Waals surface area contributed by atoms with E-state index in [2.05, 4.69) is 15.3 Å². The number of allylic oxidation sites excluding steroid dienone is 1. The van der Waals surface area contributed by atoms with Gasteiger partial charge in [-0.15, -0.1) is 0 Å². The first kappa shape index (κ1) is 38.1. The number of hydrogen-bond donors (Lipinski definition) is 3. The minimum atomic E-state index is -8.58. The maximum Gasteiger partial charge on any atom is 0.460 e. The third-order valence-electron chi connectivity index (χ3n) is 4.85. The third-order valence-corrected chi connectivity index (χ3v) is 4.85. The highest BCUT2D eigenvalue weighted by Gasteiger charge is 2.93. The molecule has 0 unspecified atom stereocenters. The average Bonchev–Trinajstić information content (AvgIpc) is 3.31. The van der Waals surface area contributed by atoms with E-state index in [1.807, 2.05) is 0 Å². The number of aromatic amines is 2. The van der Waals surface area contributed by atoms with Crippen LogP contribution in [0.3, 0.4) is 0 Å². The molecule has 1 aromatic rings. The lowest BCUT2D eigenvalue weighted by atomic mass is 9.90. The first-order valence-electron chi connectivity index (χ1n) is 10.1. The van der Waals surface area contributed by atoms with Crippen molar-refractivity contribution in [3.05, 3.63) is 30.1 Å². The number of rotatable bonds is 13. The highest BCUT2D eigenvalue weighted by molar-refractivity contribution is 5.88. The first-order chi connectivity index (χ1) is 17.8. The van der Waals surface area contributed by atoms with Crippen molar-refractivity contribution in [3.8, 4) is 0 Å². The summed E-state index contributed by atoms with van der Waals surface area (Å²) < 4.78 is 210. The van der Waals surface area contributed by atoms with Crippen LogP contribution in [0.2, 0.25) is 0 Å². The topological polar surface area (TPSA) is 88.1 Å². The van der Waals surface area contributed by atoms with Crippen LogP contribution in [0.15, 0.2) is 24.4 Å². The fraction of sp³-hybridized carbons (Fsp3) is 0.611. The number of H-pyrrole nitrogens is 2. The molecule has 0 aliphatic rings. The Hall–Kier alpha value is -2.94. The second kappa shape index (κ2) is 12.5. The first-order valence-corrected chi connectivity index (χ1v) is 10.1. The molecule has 2 amide bonds. The molecule has 0 atom stereocenters. The van der Waals surface area contributed by atoms with Gasteiger partial charge in [0.25, 0.3) is 0 Å². The number of carbonyl (C=O) groups is 2. The van der Waals surface area contributed by atoms with E-state index in [0.29, 0.717) is 5.69 Å². The Labute approximate surface area is 223 Å². The van der Waals surface area contributed by atoms with Crippen molar-refractivity contribution in [1.29, 1.82) is 0 Å². The lowest BCUT2D eigenvalue weighted by Crippen LogP contribution is -3.00. The Kier molecular flexibility index (Phi) is 11.6. The second-order valence-electron chi connectivity index (χ2n) is 7.70. The Morgan fingerprint density at radius 2 is 1.24 bits per heavy atom. The molecular weight excluding hydrogens is 644 g/mol. The van der Waals surface area contributed by atoms with Crippen LogP contribution >= 0.6 is 0 Å². The van der Waals surface area contributed by atoms with Gasteiger partial charge in [0.05, 0.1) is 0 Å². The number of imidazole rings is 1. The average molecular weight is 659 g/mol. The van der Waals surface area contributed by atoms with Gasteiger partial charge in [-0.05, 0) is 0 Å². The van der Waals surface area contributed by atoms with Gasteiger partial charge < -0.3 is 23.0 Å². The number of carbonyl (C=O) groups excluding carboxylic acids is 2. The standard InChI is InChI=1S/C18H14F16N4O2.ClH/c19-9(5-11(40)37-4-2-10(39)36-3-1-8-6-35-7-38-8)12(20,21)13(22,23)14(24,25)15(26,27)16(28,29)17(30,31)18(32,33)34;/h5-7H,1-4H2,(H,35,38)(H,36,39)(H,37,40);1H/b9-5+;. The van der Waals surface area contributed by atoms with Gasteiger partial charge in [-0.3, -0.25) is 14.6 Å². The van der Waals surface area contributed by atoms with Gasteiger partial charge in [0, 0.05) is 32.0 Å². The number of aromatic nitrogens is 2. The fourth-order valence-corrected chi connectivity index (χ4v) is 2.56. The number of hydrogen-bond acceptors (Lipinski definition) is 2. The van der Waals surface area contributed by atoms with Crippen LogP contribution in [0.1, 0.15) is 12.1 Å². The molecule has 0 bridgehead atoms. The smallest absolute Gasteiger partial charge is 0.460 e. The molecule has 1 heterocycles. The number of amides is 2. The quantitative estimate of drug-likeness (QED) is 0.220. The molecule has 1 aromatic heterocycles. The fourth-order valence-electron chi connectivity index (χ4n) is 2.56. The number of nitrogens with one attached hydrogen (secondary N) is 4. The summed E-state index contributed by atoms with van der Waals surface area (Å²) in [6, 6.07) is 0. The summed E-state index contributed by atoms with van der Waals surface area (Å²) in [5.74, 6) is -56.2. The van der Waals surface area contributed by atoms with Crippen molar-refractivity contribution < 1.29 is 97.2 Å². The van der Waals surface area contributed by atoms with Crippen LogP contribution in [0.5, 0.6) is 0 Å². The summed E-state index contributed by atoms with van der Waals surface area (Å²) in [7, 11) is 0. The Bertz CT molecular complexity index is 1070. The van der Waals surface area contributed by atoms with E-state index in [1.54, 1.807) is 0 Å². The summed E-state index contributed by atoms with van der Waals surface area (Å²) in [5, 5.41) is 3.69. The van der Waals surface area contributed by atoms with Crippen LogP contribution in [-0.4, -0.2) is 71.6 Å². The Morgan fingerprint density at radius 1 is 0.756 bits per heavy atom. The van der Waals surface area contributed by atoms with Crippen LogP contribution in [0.4, 0.5) is 70.2 Å². The summed E-state index contributed by atoms with van der Waals surface area (Å²) in [4.78, 5) is 28.3. The van der Waals surface area contributed by atoms with Crippen molar-refractivity contribution in [2.45, 2.75) is 54.6 Å². The highest BCUT2D eigenvalue weighted by Crippen LogP contribution is 2.63. The largest absolute Gasteiger partial charge is 1.00 e. The van der Waals surface area contributed by atoms with Crippen molar-refractivity contribution in [3.63, 3.8) is 0 Å². The maximum atomic E-state index is 13.7. The molecular formula is C18H15ClF16N4O2. The third kappa shape index (κ3) is 7.11. The molecule has 0 saturated heterocycles. The molecule has 238 valence electrons. The van der Waals surface area contributed by atoms with Crippen molar-refractivity contribution >= 4 is 11.8 Å². The van der Waals surface area contributed by atoms with Gasteiger partial charge in [-0.2, -0.15) is 65.9 Å². The van der Waals surface area contributed by atoms with Gasteiger partial charge in [-0.1, -0.05) is 0 Å². The molecule has 0 spiro atoms. The maximum absolute atomic E-state index is 13.7. The zero-order valence-corrected chi connectivity index (χ0v) is 20.1. The van der Waals surface area contributed by atoms with Crippen LogP contribution < -0.4 is 28.0 Å². The zero-order valence-electron chi connectivity index (χ0n) is 19.3. The SMILES string of the molecule is O=C(/C=C(/F)C(F)(F)C(F)(F)C(F)(F)C(F)(F)C(F)(F)C(F)(F)C(F)(F)F)NCCC(=O)NCCc1c[nH+]c[nH]1.[Cl-]. The van der Waals surface area contributed by atoms with Gasteiger partial charge in [0.15, 0.2) is 5.83 Å². The van der Waals surface area contributed by atoms with Crippen molar-refractivity contribution in [1.82, 2.24) is 15.6 Å². The van der Waals surface area contributed by atoms with Crippen molar-refractivity contribution in [2.75, 3.05) is 13.1 Å². The minimum absolute atomic E-state index is 0. The lowest BCUT2D eigenvalue weighted by Gasteiger charge is -2.41. The second-order valence-corrected chi connectivity index (χ2v) is 7.70. The zero-order chi connectivity index (χ0) is 31.6. The Morgan fingerprint density at radius 3 is 1.71 bits per heavy atom. The minimum Gasteiger partial charge on any atom is -1.00 e. The van der Waals surface area contributed by atoms with Crippen molar-refractivity contribution in [2.24, 2.45) is 0 Å². The summed E-state index contributed by atoms with van der Waals surface area (Å²) in [6.45, 7) is -0.830. The predicted octanol–water partition coefficient (Wildman–Crippen LogP) is 1.23. The Balaban J connectivity index is 0.0000160. The molecule has 41 heavy (non-hydrogen) atoms. The molecule has 0 saturated carbocycles. The molecule has 1 rings (SSSR count). The van der Waals surface area contributed by atoms with Crippen LogP contribution in [0.25, 0.3) is 0 Å². The van der Waals surface area contributed by atoms with Gasteiger partial charge in [-0.25, -0.2) is 9.37 Å². The van der Waals surface area contributed by atoms with Gasteiger partial charge >= 0.3 is 41.7 Å². The molecule has 0 fully saturated rings. The molecule has 23 heteroatoms. The van der Waals surface area contributed by atoms with E-state index in [-0.39, 0.29) is 25.4 Å². The van der Waals surface area contributed by atoms with E-state index in [1.165, 1.54) is 17.8 Å². The van der Waals surface area contributed by atoms with E-state index in [0.717, 1.165) is 0 Å². The van der Waals surface area contributed by atoms with E-state index < -0.39 is 78.4 Å². The molecule has 0 aromatic carbocycles. The molecule has 6 nitrogen and oxygen atoms in total. The molecule has 0 aliphatic carbocycles. The van der Waals surface area contributed by atoms with Gasteiger partial charge in [0.2, 0.25) is 18.1 Å². The van der Waals surface area contributed by atoms with E-state index >= 15 is 0 Å². The summed E-state index contributed by atoms with van der Waals surface area (Å²) >= 11 is 0. The molecule has 0 aliphatic heterocycles. The predicted molar refractivity (Wildman–Crippen MR) is 96.6 cm³/mol. The highest BCUT2D eigenvalue weighted by atomic mass is 35.5. The summed E-state index contributed by atoms with van der Waals surface area (Å²) in [6.07, 6.45) is -6.47. The van der Waals surface area contributed by atoms with Crippen LogP contribution in [-0.2, 0) is 16.0 Å². The summed E-state index contributed by atoms with van der Waals surface area (Å²) in [5.41, 5.74) is 0.632. The van der Waals surface area contributed by atoms with E-state index in [4.69, 9.17) is 0 Å². The normalized spacial score (nSPS) is 14.4. The number of alkyl halides is 15. The molecule has 4 N–H and O–H groups in total. The molecule has 0 radical (unpaired) electrons. The number of halogens is 17.